The molecule has 0 heterocycles. The molecule has 0 N–H and O–H groups in total. The van der Waals surface area contributed by atoms with E-state index in [0.717, 1.165) is 17.5 Å². The zero-order valence-electron chi connectivity index (χ0n) is 9.83. The van der Waals surface area contributed by atoms with Gasteiger partial charge in [-0.25, -0.2) is 0 Å². The molecule has 1 atom stereocenters. The molecule has 0 saturated carbocycles. The molecule has 0 bridgehead atoms. The lowest BCUT2D eigenvalue weighted by Gasteiger charge is -2.29. The first-order valence-electron chi connectivity index (χ1n) is 5.25. The first-order chi connectivity index (χ1) is 6.99. The van der Waals surface area contributed by atoms with E-state index in [4.69, 9.17) is 4.74 Å². The van der Waals surface area contributed by atoms with Crippen molar-refractivity contribution in [2.45, 2.75) is 39.7 Å². The number of benzene rings is 1. The van der Waals surface area contributed by atoms with Crippen molar-refractivity contribution in [3.05, 3.63) is 35.4 Å². The molecule has 0 spiro atoms. The number of carbonyl (C=O) groups excluding carboxylic acids is 1. The van der Waals surface area contributed by atoms with E-state index < -0.39 is 5.60 Å². The third kappa shape index (κ3) is 2.58. The van der Waals surface area contributed by atoms with Crippen LogP contribution in [0.2, 0.25) is 0 Å². The standard InChI is InChI=1S/C13H18O2/c1-5-13(4,15-11(3)14)12-9-7-6-8-10(12)2/h6-9H,5H2,1-4H3. The van der Waals surface area contributed by atoms with Gasteiger partial charge in [0.1, 0.15) is 5.60 Å². The van der Waals surface area contributed by atoms with E-state index in [0.29, 0.717) is 0 Å². The van der Waals surface area contributed by atoms with Gasteiger partial charge in [0.15, 0.2) is 0 Å². The zero-order chi connectivity index (χ0) is 11.5. The Balaban J connectivity index is 3.11. The maximum atomic E-state index is 11.1. The smallest absolute Gasteiger partial charge is 0.303 e. The molecule has 0 fully saturated rings. The Morgan fingerprint density at radius 1 is 1.40 bits per heavy atom. The number of esters is 1. The van der Waals surface area contributed by atoms with Gasteiger partial charge >= 0.3 is 5.97 Å². The molecule has 0 aliphatic rings. The van der Waals surface area contributed by atoms with Gasteiger partial charge in [0.25, 0.3) is 0 Å². The molecule has 2 heteroatoms. The third-order valence-electron chi connectivity index (χ3n) is 2.76. The average molecular weight is 206 g/mol. The minimum Gasteiger partial charge on any atom is -0.455 e. The van der Waals surface area contributed by atoms with Crippen LogP contribution in [0.5, 0.6) is 0 Å². The van der Waals surface area contributed by atoms with Crippen LogP contribution >= 0.6 is 0 Å². The van der Waals surface area contributed by atoms with Crippen molar-refractivity contribution in [1.82, 2.24) is 0 Å². The van der Waals surface area contributed by atoms with Gasteiger partial charge in [0.2, 0.25) is 0 Å². The number of hydrogen-bond acceptors (Lipinski definition) is 2. The summed E-state index contributed by atoms with van der Waals surface area (Å²) in [5.41, 5.74) is 1.74. The molecule has 2 nitrogen and oxygen atoms in total. The van der Waals surface area contributed by atoms with Crippen LogP contribution in [0.1, 0.15) is 38.3 Å². The third-order valence-corrected chi connectivity index (χ3v) is 2.76. The summed E-state index contributed by atoms with van der Waals surface area (Å²) in [5.74, 6) is -0.234. The van der Waals surface area contributed by atoms with E-state index in [-0.39, 0.29) is 5.97 Å². The second-order valence-corrected chi connectivity index (χ2v) is 3.99. The molecule has 0 aliphatic carbocycles. The SMILES string of the molecule is CCC(C)(OC(C)=O)c1ccccc1C. The van der Waals surface area contributed by atoms with Crippen LogP contribution < -0.4 is 0 Å². The molecule has 1 aromatic carbocycles. The van der Waals surface area contributed by atoms with Gasteiger partial charge < -0.3 is 4.74 Å². The second kappa shape index (κ2) is 4.47. The maximum Gasteiger partial charge on any atom is 0.303 e. The highest BCUT2D eigenvalue weighted by atomic mass is 16.6. The number of ether oxygens (including phenoxy) is 1. The van der Waals surface area contributed by atoms with Gasteiger partial charge in [-0.1, -0.05) is 31.2 Å². The molecule has 0 radical (unpaired) electrons. The van der Waals surface area contributed by atoms with Crippen molar-refractivity contribution in [2.75, 3.05) is 0 Å². The largest absolute Gasteiger partial charge is 0.455 e. The molecule has 0 aliphatic heterocycles. The highest BCUT2D eigenvalue weighted by molar-refractivity contribution is 5.66. The van der Waals surface area contributed by atoms with Gasteiger partial charge in [-0.3, -0.25) is 4.79 Å². The molecule has 82 valence electrons. The highest BCUT2D eigenvalue weighted by Gasteiger charge is 2.28. The number of carbonyl (C=O) groups is 1. The van der Waals surface area contributed by atoms with Crippen LogP contribution in [0.25, 0.3) is 0 Å². The Morgan fingerprint density at radius 3 is 2.47 bits per heavy atom. The number of hydrogen-bond donors (Lipinski definition) is 0. The monoisotopic (exact) mass is 206 g/mol. The summed E-state index contributed by atoms with van der Waals surface area (Å²) >= 11 is 0. The lowest BCUT2D eigenvalue weighted by molar-refractivity contribution is -0.156. The molecule has 1 unspecified atom stereocenters. The van der Waals surface area contributed by atoms with Crippen molar-refractivity contribution in [1.29, 1.82) is 0 Å². The minimum absolute atomic E-state index is 0.234. The first-order valence-corrected chi connectivity index (χ1v) is 5.25. The first kappa shape index (κ1) is 11.8. The van der Waals surface area contributed by atoms with Crippen LogP contribution in [0.15, 0.2) is 24.3 Å². The van der Waals surface area contributed by atoms with Gasteiger partial charge in [0.05, 0.1) is 0 Å². The van der Waals surface area contributed by atoms with Crippen LogP contribution in [0.3, 0.4) is 0 Å². The van der Waals surface area contributed by atoms with E-state index >= 15 is 0 Å². The van der Waals surface area contributed by atoms with Crippen molar-refractivity contribution >= 4 is 5.97 Å². The fourth-order valence-electron chi connectivity index (χ4n) is 1.80. The second-order valence-electron chi connectivity index (χ2n) is 3.99. The summed E-state index contributed by atoms with van der Waals surface area (Å²) in [6.07, 6.45) is 0.775. The van der Waals surface area contributed by atoms with E-state index in [1.165, 1.54) is 6.92 Å². The zero-order valence-corrected chi connectivity index (χ0v) is 9.83. The van der Waals surface area contributed by atoms with Crippen LogP contribution in [-0.4, -0.2) is 5.97 Å². The Kier molecular flexibility index (Phi) is 3.51. The molecular formula is C13H18O2. The summed E-state index contributed by atoms with van der Waals surface area (Å²) in [6.45, 7) is 7.46. The summed E-state index contributed by atoms with van der Waals surface area (Å²) in [4.78, 5) is 11.1. The topological polar surface area (TPSA) is 26.3 Å². The predicted octanol–water partition coefficient (Wildman–Crippen LogP) is 3.18. The molecule has 1 rings (SSSR count). The van der Waals surface area contributed by atoms with Crippen molar-refractivity contribution < 1.29 is 9.53 Å². The van der Waals surface area contributed by atoms with Crippen LogP contribution in [-0.2, 0) is 15.1 Å². The van der Waals surface area contributed by atoms with Crippen molar-refractivity contribution in [2.24, 2.45) is 0 Å². The Bertz CT molecular complexity index is 357. The molecule has 0 saturated heterocycles. The summed E-state index contributed by atoms with van der Waals surface area (Å²) in [5, 5.41) is 0. The molecular weight excluding hydrogens is 188 g/mol. The lowest BCUT2D eigenvalue weighted by atomic mass is 9.89. The van der Waals surface area contributed by atoms with Crippen molar-refractivity contribution in [3.8, 4) is 0 Å². The minimum atomic E-state index is -0.503. The van der Waals surface area contributed by atoms with E-state index in [1.807, 2.05) is 45.0 Å². The summed E-state index contributed by atoms with van der Waals surface area (Å²) < 4.78 is 5.41. The van der Waals surface area contributed by atoms with Crippen LogP contribution in [0.4, 0.5) is 0 Å². The van der Waals surface area contributed by atoms with Gasteiger partial charge in [-0.2, -0.15) is 0 Å². The molecule has 15 heavy (non-hydrogen) atoms. The summed E-state index contributed by atoms with van der Waals surface area (Å²) in [7, 11) is 0. The fraction of sp³-hybridized carbons (Fsp3) is 0.462. The van der Waals surface area contributed by atoms with Crippen molar-refractivity contribution in [3.63, 3.8) is 0 Å². The Hall–Kier alpha value is -1.31. The Labute approximate surface area is 91.3 Å². The lowest BCUT2D eigenvalue weighted by Crippen LogP contribution is -2.28. The fourth-order valence-corrected chi connectivity index (χ4v) is 1.80. The van der Waals surface area contributed by atoms with Gasteiger partial charge in [-0.15, -0.1) is 0 Å². The highest BCUT2D eigenvalue weighted by Crippen LogP contribution is 2.31. The molecule has 0 amide bonds. The normalized spacial score (nSPS) is 14.4. The quantitative estimate of drug-likeness (QED) is 0.710. The van der Waals surface area contributed by atoms with Gasteiger partial charge in [-0.05, 0) is 31.4 Å². The Morgan fingerprint density at radius 2 is 2.00 bits per heavy atom. The molecule has 1 aromatic rings. The average Bonchev–Trinajstić information content (AvgIpc) is 2.17. The maximum absolute atomic E-state index is 11.1. The van der Waals surface area contributed by atoms with E-state index in [9.17, 15) is 4.79 Å². The number of rotatable bonds is 3. The van der Waals surface area contributed by atoms with E-state index in [2.05, 4.69) is 0 Å². The van der Waals surface area contributed by atoms with E-state index in [1.54, 1.807) is 0 Å². The predicted molar refractivity (Wildman–Crippen MR) is 60.6 cm³/mol. The van der Waals surface area contributed by atoms with Gasteiger partial charge in [0, 0.05) is 6.92 Å². The molecule has 0 aromatic heterocycles. The number of aryl methyl sites for hydroxylation is 1. The van der Waals surface area contributed by atoms with Crippen LogP contribution in [0, 0.1) is 6.92 Å². The summed E-state index contributed by atoms with van der Waals surface area (Å²) in [6, 6.07) is 8.01.